The van der Waals surface area contributed by atoms with Crippen molar-refractivity contribution in [2.45, 2.75) is 18.9 Å². The highest BCUT2D eigenvalue weighted by molar-refractivity contribution is 5.91. The first-order valence-corrected chi connectivity index (χ1v) is 10.1. The van der Waals surface area contributed by atoms with Gasteiger partial charge in [-0.15, -0.1) is 0 Å². The second-order valence-electron chi connectivity index (χ2n) is 8.25. The van der Waals surface area contributed by atoms with Crippen LogP contribution < -0.4 is 10.6 Å². The maximum Gasteiger partial charge on any atom is 0.267 e. The van der Waals surface area contributed by atoms with Gasteiger partial charge in [0.05, 0.1) is 6.04 Å². The lowest BCUT2D eigenvalue weighted by molar-refractivity contribution is -0.148. The van der Waals surface area contributed by atoms with Crippen molar-refractivity contribution in [3.63, 3.8) is 0 Å². The number of piperidine rings is 2. The summed E-state index contributed by atoms with van der Waals surface area (Å²) in [5, 5.41) is 5.60. The Morgan fingerprint density at radius 1 is 1.03 bits per heavy atom. The second-order valence-corrected chi connectivity index (χ2v) is 8.25. The van der Waals surface area contributed by atoms with Crippen LogP contribution in [0, 0.1) is 29.4 Å². The summed E-state index contributed by atoms with van der Waals surface area (Å²) in [6, 6.07) is 4.36. The fraction of sp³-hybridized carbons (Fsp3) is 0.381. The SMILES string of the molecule is NC(=O)c1cc(N2CC3CC(C2)C3C(=O)N2N=CCC2c2cc(F)cc(F)c2)ncn1. The summed E-state index contributed by atoms with van der Waals surface area (Å²) in [5.41, 5.74) is 5.85. The van der Waals surface area contributed by atoms with E-state index in [1.54, 1.807) is 12.3 Å². The van der Waals surface area contributed by atoms with Crippen molar-refractivity contribution in [1.29, 1.82) is 0 Å². The van der Waals surface area contributed by atoms with E-state index in [1.165, 1.54) is 23.5 Å². The third-order valence-electron chi connectivity index (χ3n) is 6.37. The maximum absolute atomic E-state index is 13.7. The van der Waals surface area contributed by atoms with Crippen molar-refractivity contribution in [2.75, 3.05) is 18.0 Å². The summed E-state index contributed by atoms with van der Waals surface area (Å²) in [5.74, 6) is -1.47. The summed E-state index contributed by atoms with van der Waals surface area (Å²) in [4.78, 5) is 34.8. The van der Waals surface area contributed by atoms with E-state index >= 15 is 0 Å². The number of benzene rings is 1. The van der Waals surface area contributed by atoms with Crippen LogP contribution >= 0.6 is 0 Å². The lowest BCUT2D eigenvalue weighted by atomic mass is 9.61. The van der Waals surface area contributed by atoms with Gasteiger partial charge in [0.2, 0.25) is 5.91 Å². The van der Waals surface area contributed by atoms with E-state index in [0.717, 1.165) is 12.5 Å². The fourth-order valence-electron chi connectivity index (χ4n) is 4.96. The average Bonchev–Trinajstić information content (AvgIpc) is 3.23. The van der Waals surface area contributed by atoms with Gasteiger partial charge >= 0.3 is 0 Å². The molecule has 1 saturated carbocycles. The van der Waals surface area contributed by atoms with Crippen LogP contribution in [0.15, 0.2) is 35.7 Å². The topological polar surface area (TPSA) is 105 Å². The van der Waals surface area contributed by atoms with Gasteiger partial charge in [-0.1, -0.05) is 0 Å². The number of amides is 2. The first-order chi connectivity index (χ1) is 14.9. The minimum Gasteiger partial charge on any atom is -0.364 e. The number of halogens is 2. The lowest BCUT2D eigenvalue weighted by Gasteiger charge is -2.53. The predicted octanol–water partition coefficient (Wildman–Crippen LogP) is 1.89. The molecule has 1 aromatic heterocycles. The van der Waals surface area contributed by atoms with Gasteiger partial charge in [-0.3, -0.25) is 9.59 Å². The van der Waals surface area contributed by atoms with Gasteiger partial charge in [-0.05, 0) is 36.0 Å². The molecular formula is C21H20F2N6O2. The summed E-state index contributed by atoms with van der Waals surface area (Å²) < 4.78 is 27.4. The van der Waals surface area contributed by atoms with Gasteiger partial charge < -0.3 is 10.6 Å². The molecule has 2 bridgehead atoms. The third kappa shape index (κ3) is 3.41. The molecule has 1 aromatic carbocycles. The number of carbonyl (C=O) groups is 2. The second kappa shape index (κ2) is 7.36. The molecule has 2 amide bonds. The number of nitrogens with two attached hydrogens (primary N) is 1. The molecule has 31 heavy (non-hydrogen) atoms. The summed E-state index contributed by atoms with van der Waals surface area (Å²) in [6.45, 7) is 1.22. The minimum atomic E-state index is -0.675. The van der Waals surface area contributed by atoms with Gasteiger partial charge in [0.15, 0.2) is 0 Å². The van der Waals surface area contributed by atoms with Crippen LogP contribution in [0.25, 0.3) is 0 Å². The predicted molar refractivity (Wildman–Crippen MR) is 107 cm³/mol. The summed E-state index contributed by atoms with van der Waals surface area (Å²) >= 11 is 0. The Bertz CT molecular complexity index is 1060. The number of nitrogens with zero attached hydrogens (tertiary/aromatic N) is 5. The highest BCUT2D eigenvalue weighted by atomic mass is 19.1. The number of primary amides is 1. The molecule has 0 spiro atoms. The molecule has 3 unspecified atom stereocenters. The number of fused-ring (bicyclic) bond motifs is 2. The Hall–Kier alpha value is -3.43. The van der Waals surface area contributed by atoms with Gasteiger partial charge in [-0.2, -0.15) is 5.10 Å². The zero-order chi connectivity index (χ0) is 21.7. The Balaban J connectivity index is 1.31. The van der Waals surface area contributed by atoms with Gasteiger partial charge in [-0.25, -0.2) is 23.8 Å². The van der Waals surface area contributed by atoms with Crippen molar-refractivity contribution in [3.8, 4) is 0 Å². The highest BCUT2D eigenvalue weighted by Gasteiger charge is 2.53. The number of carbonyl (C=O) groups excluding carboxylic acids is 2. The molecule has 1 aliphatic carbocycles. The van der Waals surface area contributed by atoms with Crippen molar-refractivity contribution >= 4 is 23.8 Å². The van der Waals surface area contributed by atoms with Gasteiger partial charge in [0.25, 0.3) is 5.91 Å². The lowest BCUT2D eigenvalue weighted by Crippen LogP contribution is -2.60. The van der Waals surface area contributed by atoms with E-state index < -0.39 is 23.6 Å². The first-order valence-electron chi connectivity index (χ1n) is 10.1. The summed E-state index contributed by atoms with van der Waals surface area (Å²) in [7, 11) is 0. The molecule has 2 saturated heterocycles. The number of aromatic nitrogens is 2. The Morgan fingerprint density at radius 3 is 2.42 bits per heavy atom. The van der Waals surface area contributed by atoms with Gasteiger partial charge in [0.1, 0.15) is 29.5 Å². The monoisotopic (exact) mass is 426 g/mol. The molecule has 160 valence electrons. The molecule has 2 N–H and O–H groups in total. The number of hydrogen-bond donors (Lipinski definition) is 1. The van der Waals surface area contributed by atoms with Crippen molar-refractivity contribution in [3.05, 3.63) is 53.5 Å². The zero-order valence-corrected chi connectivity index (χ0v) is 16.5. The van der Waals surface area contributed by atoms with E-state index in [4.69, 9.17) is 5.73 Å². The Morgan fingerprint density at radius 2 is 1.74 bits per heavy atom. The van der Waals surface area contributed by atoms with Gasteiger partial charge in [0, 0.05) is 43.8 Å². The zero-order valence-electron chi connectivity index (χ0n) is 16.5. The number of hydrazone groups is 1. The third-order valence-corrected chi connectivity index (χ3v) is 6.37. The molecule has 0 radical (unpaired) electrons. The first kappa shape index (κ1) is 19.5. The van der Waals surface area contributed by atoms with E-state index in [0.29, 0.717) is 30.9 Å². The molecule has 8 nitrogen and oxygen atoms in total. The van der Waals surface area contributed by atoms with E-state index in [-0.39, 0.29) is 29.4 Å². The number of rotatable bonds is 4. The Labute approximate surface area is 176 Å². The molecule has 3 aliphatic heterocycles. The van der Waals surface area contributed by atoms with Crippen molar-refractivity contribution < 1.29 is 18.4 Å². The largest absolute Gasteiger partial charge is 0.364 e. The van der Waals surface area contributed by atoms with Crippen LogP contribution in [-0.4, -0.2) is 46.1 Å². The number of anilines is 1. The quantitative estimate of drug-likeness (QED) is 0.804. The van der Waals surface area contributed by atoms with Crippen LogP contribution in [0.2, 0.25) is 0 Å². The standard InChI is InChI=1S/C21H20F2N6O2/c22-14-4-11(5-15(23)6-14)17-1-2-27-29(17)21(31)19-12-3-13(19)9-28(8-12)18-7-16(20(24)30)25-10-26-18/h2,4-7,10,12-13,17,19H,1,3,8-9H2,(H2,24,30). The highest BCUT2D eigenvalue weighted by Crippen LogP contribution is 2.48. The molecular weight excluding hydrogens is 406 g/mol. The summed E-state index contributed by atoms with van der Waals surface area (Å²) in [6.07, 6.45) is 4.25. The Kier molecular flexibility index (Phi) is 4.64. The van der Waals surface area contributed by atoms with Crippen molar-refractivity contribution in [2.24, 2.45) is 28.6 Å². The fourth-order valence-corrected chi connectivity index (χ4v) is 4.96. The molecule has 4 heterocycles. The minimum absolute atomic E-state index is 0.110. The van der Waals surface area contributed by atoms with E-state index in [2.05, 4.69) is 15.1 Å². The van der Waals surface area contributed by atoms with Crippen LogP contribution in [-0.2, 0) is 4.79 Å². The van der Waals surface area contributed by atoms with Crippen molar-refractivity contribution in [1.82, 2.24) is 15.0 Å². The molecule has 6 rings (SSSR count). The van der Waals surface area contributed by atoms with E-state index in [9.17, 15) is 18.4 Å². The smallest absolute Gasteiger partial charge is 0.267 e. The molecule has 4 aliphatic rings. The van der Waals surface area contributed by atoms with Crippen LogP contribution in [0.1, 0.15) is 34.9 Å². The van der Waals surface area contributed by atoms with E-state index in [1.807, 2.05) is 4.90 Å². The molecule has 3 atom stereocenters. The molecule has 10 heteroatoms. The molecule has 3 fully saturated rings. The normalized spacial score (nSPS) is 26.6. The van der Waals surface area contributed by atoms with Crippen LogP contribution in [0.3, 0.4) is 0 Å². The maximum atomic E-state index is 13.7. The molecule has 2 aromatic rings. The average molecular weight is 426 g/mol. The van der Waals surface area contributed by atoms with Crippen LogP contribution in [0.5, 0.6) is 0 Å². The van der Waals surface area contributed by atoms with Crippen LogP contribution in [0.4, 0.5) is 14.6 Å². The number of hydrogen-bond acceptors (Lipinski definition) is 6.